The van der Waals surface area contributed by atoms with Crippen LogP contribution < -0.4 is 5.32 Å². The van der Waals surface area contributed by atoms with Gasteiger partial charge in [0.05, 0.1) is 5.75 Å². The number of nitrogens with zero attached hydrogens (tertiary/aromatic N) is 1. The van der Waals surface area contributed by atoms with Gasteiger partial charge in [0.1, 0.15) is 6.04 Å². The fraction of sp³-hybridized carbons (Fsp3) is 0.333. The Morgan fingerprint density at radius 3 is 2.56 bits per heavy atom. The zero-order valence-corrected chi connectivity index (χ0v) is 17.2. The van der Waals surface area contributed by atoms with Crippen molar-refractivity contribution in [1.82, 2.24) is 10.2 Å². The fourth-order valence-corrected chi connectivity index (χ4v) is 3.57. The van der Waals surface area contributed by atoms with E-state index >= 15 is 0 Å². The molecular formula is C21H25ClN2O2S. The molecule has 0 saturated heterocycles. The van der Waals surface area contributed by atoms with Gasteiger partial charge in [0.15, 0.2) is 0 Å². The van der Waals surface area contributed by atoms with Gasteiger partial charge >= 0.3 is 0 Å². The van der Waals surface area contributed by atoms with Crippen molar-refractivity contribution in [1.29, 1.82) is 0 Å². The molecule has 2 rings (SSSR count). The Morgan fingerprint density at radius 2 is 1.89 bits per heavy atom. The van der Waals surface area contributed by atoms with Gasteiger partial charge in [0.25, 0.3) is 0 Å². The number of amides is 2. The summed E-state index contributed by atoms with van der Waals surface area (Å²) < 4.78 is 0. The van der Waals surface area contributed by atoms with Crippen LogP contribution >= 0.6 is 23.4 Å². The first-order valence-corrected chi connectivity index (χ1v) is 10.4. The maximum atomic E-state index is 12.9. The van der Waals surface area contributed by atoms with Gasteiger partial charge in [-0.2, -0.15) is 0 Å². The zero-order valence-electron chi connectivity index (χ0n) is 15.7. The van der Waals surface area contributed by atoms with E-state index in [1.54, 1.807) is 17.9 Å². The third-order valence-electron chi connectivity index (χ3n) is 4.06. The van der Waals surface area contributed by atoms with Gasteiger partial charge in [-0.05, 0) is 43.2 Å². The Bertz CT molecular complexity index is 755. The molecular weight excluding hydrogens is 380 g/mol. The molecule has 4 nitrogen and oxygen atoms in total. The maximum Gasteiger partial charge on any atom is 0.242 e. The lowest BCUT2D eigenvalue weighted by Gasteiger charge is -2.28. The van der Waals surface area contributed by atoms with Crippen LogP contribution in [-0.4, -0.2) is 35.1 Å². The van der Waals surface area contributed by atoms with Crippen LogP contribution in [0.2, 0.25) is 5.02 Å². The molecule has 0 heterocycles. The summed E-state index contributed by atoms with van der Waals surface area (Å²) in [4.78, 5) is 28.0. The van der Waals surface area contributed by atoms with Crippen molar-refractivity contribution >= 4 is 35.2 Å². The van der Waals surface area contributed by atoms with Crippen LogP contribution in [0.3, 0.4) is 0 Å². The Hall–Kier alpha value is -1.98. The molecule has 1 N–H and O–H groups in total. The van der Waals surface area contributed by atoms with Crippen molar-refractivity contribution in [2.45, 2.75) is 37.8 Å². The summed E-state index contributed by atoms with van der Waals surface area (Å²) >= 11 is 7.54. The molecule has 0 bridgehead atoms. The average molecular weight is 405 g/mol. The molecule has 0 saturated carbocycles. The highest BCUT2D eigenvalue weighted by Gasteiger charge is 2.25. The molecule has 0 aliphatic carbocycles. The van der Waals surface area contributed by atoms with E-state index in [2.05, 4.69) is 5.32 Å². The van der Waals surface area contributed by atoms with Crippen molar-refractivity contribution < 1.29 is 9.59 Å². The van der Waals surface area contributed by atoms with Gasteiger partial charge < -0.3 is 10.2 Å². The smallest absolute Gasteiger partial charge is 0.242 e. The molecule has 0 unspecified atom stereocenters. The Labute approximate surface area is 170 Å². The van der Waals surface area contributed by atoms with Crippen molar-refractivity contribution in [3.63, 3.8) is 0 Å². The molecule has 0 aliphatic rings. The maximum absolute atomic E-state index is 12.9. The summed E-state index contributed by atoms with van der Waals surface area (Å²) in [7, 11) is 0. The molecule has 0 spiro atoms. The van der Waals surface area contributed by atoms with Crippen LogP contribution in [0.15, 0.2) is 59.5 Å². The van der Waals surface area contributed by atoms with Crippen LogP contribution in [0.4, 0.5) is 0 Å². The number of thioether (sulfide) groups is 1. The fourth-order valence-electron chi connectivity index (χ4n) is 2.56. The van der Waals surface area contributed by atoms with Gasteiger partial charge in [-0.1, -0.05) is 48.9 Å². The molecule has 1 atom stereocenters. The number of hydrogen-bond acceptors (Lipinski definition) is 3. The summed E-state index contributed by atoms with van der Waals surface area (Å²) in [5.74, 6) is 0.0515. The molecule has 2 amide bonds. The Balaban J connectivity index is 2.11. The first-order valence-electron chi connectivity index (χ1n) is 9.00. The second kappa shape index (κ2) is 11.0. The lowest BCUT2D eigenvalue weighted by molar-refractivity contribution is -0.138. The topological polar surface area (TPSA) is 49.4 Å². The van der Waals surface area contributed by atoms with E-state index < -0.39 is 6.04 Å². The molecule has 144 valence electrons. The summed E-state index contributed by atoms with van der Waals surface area (Å²) in [5.41, 5.74) is 0.899. The lowest BCUT2D eigenvalue weighted by Crippen LogP contribution is -2.48. The van der Waals surface area contributed by atoms with Crippen LogP contribution in [0.5, 0.6) is 0 Å². The van der Waals surface area contributed by atoms with Crippen LogP contribution in [-0.2, 0) is 16.1 Å². The van der Waals surface area contributed by atoms with Crippen molar-refractivity contribution in [2.24, 2.45) is 0 Å². The van der Waals surface area contributed by atoms with Crippen LogP contribution in [0.1, 0.15) is 25.8 Å². The minimum Gasteiger partial charge on any atom is -0.354 e. The number of benzene rings is 2. The third-order valence-corrected chi connectivity index (χ3v) is 5.30. The van der Waals surface area contributed by atoms with Gasteiger partial charge in [-0.15, -0.1) is 11.8 Å². The average Bonchev–Trinajstić information content (AvgIpc) is 2.68. The van der Waals surface area contributed by atoms with Crippen molar-refractivity contribution in [3.05, 3.63) is 65.2 Å². The van der Waals surface area contributed by atoms with Gasteiger partial charge in [-0.3, -0.25) is 9.59 Å². The first kappa shape index (κ1) is 21.3. The summed E-state index contributed by atoms with van der Waals surface area (Å²) in [6.07, 6.45) is 0.852. The highest BCUT2D eigenvalue weighted by atomic mass is 35.5. The molecule has 2 aromatic rings. The molecule has 6 heteroatoms. The minimum absolute atomic E-state index is 0.0806. The van der Waals surface area contributed by atoms with Crippen molar-refractivity contribution in [2.75, 3.05) is 12.3 Å². The number of halogens is 1. The molecule has 0 aromatic heterocycles. The Kier molecular flexibility index (Phi) is 8.69. The van der Waals surface area contributed by atoms with E-state index in [4.69, 9.17) is 11.6 Å². The minimum atomic E-state index is -0.556. The quantitative estimate of drug-likeness (QED) is 0.631. The van der Waals surface area contributed by atoms with E-state index in [1.807, 2.05) is 55.5 Å². The Morgan fingerprint density at radius 1 is 1.15 bits per heavy atom. The summed E-state index contributed by atoms with van der Waals surface area (Å²) in [6, 6.07) is 16.6. The predicted molar refractivity (Wildman–Crippen MR) is 112 cm³/mol. The van der Waals surface area contributed by atoms with Crippen molar-refractivity contribution in [3.8, 4) is 0 Å². The van der Waals surface area contributed by atoms with E-state index in [9.17, 15) is 9.59 Å². The summed E-state index contributed by atoms with van der Waals surface area (Å²) in [5, 5.41) is 3.49. The predicted octanol–water partition coefficient (Wildman–Crippen LogP) is 4.38. The molecule has 2 aromatic carbocycles. The van der Waals surface area contributed by atoms with Gasteiger partial charge in [0, 0.05) is 23.0 Å². The molecule has 0 aliphatic heterocycles. The number of carbonyl (C=O) groups excluding carboxylic acids is 2. The van der Waals surface area contributed by atoms with E-state index in [-0.39, 0.29) is 17.6 Å². The first-order chi connectivity index (χ1) is 13.0. The second-order valence-corrected chi connectivity index (χ2v) is 7.71. The second-order valence-electron chi connectivity index (χ2n) is 6.22. The summed E-state index contributed by atoms with van der Waals surface area (Å²) in [6.45, 7) is 4.70. The lowest BCUT2D eigenvalue weighted by atomic mass is 10.1. The molecule has 0 radical (unpaired) electrons. The van der Waals surface area contributed by atoms with Crippen LogP contribution in [0, 0.1) is 0 Å². The largest absolute Gasteiger partial charge is 0.354 e. The number of nitrogens with one attached hydrogen (secondary N) is 1. The molecule has 27 heavy (non-hydrogen) atoms. The monoisotopic (exact) mass is 404 g/mol. The highest BCUT2D eigenvalue weighted by molar-refractivity contribution is 8.00. The number of rotatable bonds is 9. The zero-order chi connectivity index (χ0) is 19.6. The standard InChI is InChI=1S/C21H25ClN2O2S/c1-3-12-23-21(26)16(2)24(14-17-8-7-9-18(22)13-17)20(25)15-27-19-10-5-4-6-11-19/h4-11,13,16H,3,12,14-15H2,1-2H3,(H,23,26)/t16-/m1/s1. The number of carbonyl (C=O) groups is 2. The van der Waals surface area contributed by atoms with E-state index in [1.165, 1.54) is 11.8 Å². The number of hydrogen-bond donors (Lipinski definition) is 1. The van der Waals surface area contributed by atoms with E-state index in [0.29, 0.717) is 18.1 Å². The van der Waals surface area contributed by atoms with Crippen LogP contribution in [0.25, 0.3) is 0 Å². The highest BCUT2D eigenvalue weighted by Crippen LogP contribution is 2.20. The molecule has 0 fully saturated rings. The normalized spacial score (nSPS) is 11.7. The van der Waals surface area contributed by atoms with Gasteiger partial charge in [0.2, 0.25) is 11.8 Å². The SMILES string of the molecule is CCCNC(=O)[C@@H](C)N(Cc1cccc(Cl)c1)C(=O)CSc1ccccc1. The van der Waals surface area contributed by atoms with E-state index in [0.717, 1.165) is 16.9 Å². The third kappa shape index (κ3) is 6.92. The van der Waals surface area contributed by atoms with Gasteiger partial charge in [-0.25, -0.2) is 0 Å².